The van der Waals surface area contributed by atoms with Gasteiger partial charge in [0.1, 0.15) is 0 Å². The summed E-state index contributed by atoms with van der Waals surface area (Å²) >= 11 is 0. The number of aryl methyl sites for hydroxylation is 2. The number of hydrogen-bond acceptors (Lipinski definition) is 2. The van der Waals surface area contributed by atoms with E-state index in [1.54, 1.807) is 0 Å². The molecular weight excluding hydrogens is 298 g/mol. The summed E-state index contributed by atoms with van der Waals surface area (Å²) in [5.41, 5.74) is 4.04. The largest absolute Gasteiger partial charge is 0.358 e. The number of fused-ring (bicyclic) bond motifs is 1. The Bertz CT molecular complexity index is 711. The van der Waals surface area contributed by atoms with Crippen molar-refractivity contribution < 1.29 is 4.79 Å². The monoisotopic (exact) mass is 327 g/mol. The summed E-state index contributed by atoms with van der Waals surface area (Å²) in [6.07, 6.45) is 5.23. The first-order valence-corrected chi connectivity index (χ1v) is 9.17. The number of hydrogen-bond donors (Lipinski definition) is 2. The van der Waals surface area contributed by atoms with Crippen LogP contribution in [0.15, 0.2) is 18.2 Å². The van der Waals surface area contributed by atoms with Gasteiger partial charge in [-0.3, -0.25) is 4.79 Å². The number of aromatic amines is 1. The zero-order valence-corrected chi connectivity index (χ0v) is 15.1. The van der Waals surface area contributed by atoms with Gasteiger partial charge in [0.05, 0.1) is 11.1 Å². The maximum atomic E-state index is 12.7. The van der Waals surface area contributed by atoms with Crippen LogP contribution in [0.4, 0.5) is 0 Å². The molecule has 0 radical (unpaired) electrons. The smallest absolute Gasteiger partial charge is 0.253 e. The first-order chi connectivity index (χ1) is 11.6. The summed E-state index contributed by atoms with van der Waals surface area (Å²) in [6, 6.07) is 6.11. The Morgan fingerprint density at radius 2 is 1.92 bits per heavy atom. The summed E-state index contributed by atoms with van der Waals surface area (Å²) in [6.45, 7) is 9.51. The SMILES string of the molecule is Cc1[nH]c2c(C(=O)N[C@@H](C)CN3CCCCCC3)cccc2c1C. The lowest BCUT2D eigenvalue weighted by Crippen LogP contribution is -2.42. The van der Waals surface area contributed by atoms with Crippen molar-refractivity contribution in [2.45, 2.75) is 52.5 Å². The summed E-state index contributed by atoms with van der Waals surface area (Å²) in [5.74, 6) is 0.0178. The molecule has 130 valence electrons. The maximum Gasteiger partial charge on any atom is 0.253 e. The van der Waals surface area contributed by atoms with Crippen molar-refractivity contribution >= 4 is 16.8 Å². The van der Waals surface area contributed by atoms with E-state index in [0.717, 1.165) is 41.8 Å². The molecule has 1 aromatic carbocycles. The minimum absolute atomic E-state index is 0.0178. The molecule has 1 aliphatic heterocycles. The third kappa shape index (κ3) is 3.64. The molecule has 1 saturated heterocycles. The number of aromatic nitrogens is 1. The number of likely N-dealkylation sites (tertiary alicyclic amines) is 1. The molecule has 0 spiro atoms. The van der Waals surface area contributed by atoms with Crippen LogP contribution in [0.25, 0.3) is 10.9 Å². The molecule has 0 aliphatic carbocycles. The van der Waals surface area contributed by atoms with E-state index < -0.39 is 0 Å². The number of amides is 1. The standard InChI is InChI=1S/C20H29N3O/c1-14(13-23-11-6-4-5-7-12-23)21-20(24)18-10-8-9-17-15(2)16(3)22-19(17)18/h8-10,14,22H,4-7,11-13H2,1-3H3,(H,21,24)/t14-/m0/s1. The number of H-pyrrole nitrogens is 1. The van der Waals surface area contributed by atoms with Gasteiger partial charge in [0.15, 0.2) is 0 Å². The van der Waals surface area contributed by atoms with Gasteiger partial charge in [0, 0.05) is 23.7 Å². The highest BCUT2D eigenvalue weighted by Gasteiger charge is 2.18. The van der Waals surface area contributed by atoms with Gasteiger partial charge in [-0.1, -0.05) is 25.0 Å². The molecule has 0 saturated carbocycles. The Kier molecular flexibility index (Phi) is 5.24. The van der Waals surface area contributed by atoms with Crippen molar-refractivity contribution in [3.05, 3.63) is 35.0 Å². The average molecular weight is 327 g/mol. The number of carbonyl (C=O) groups is 1. The van der Waals surface area contributed by atoms with Crippen LogP contribution in [0.1, 0.15) is 54.2 Å². The Labute approximate surface area is 144 Å². The molecule has 0 bridgehead atoms. The molecule has 1 amide bonds. The molecule has 2 aromatic rings. The van der Waals surface area contributed by atoms with Gasteiger partial charge in [0.25, 0.3) is 5.91 Å². The van der Waals surface area contributed by atoms with E-state index in [0.29, 0.717) is 0 Å². The molecule has 4 heteroatoms. The van der Waals surface area contributed by atoms with E-state index in [9.17, 15) is 4.79 Å². The van der Waals surface area contributed by atoms with Crippen LogP contribution >= 0.6 is 0 Å². The highest BCUT2D eigenvalue weighted by Crippen LogP contribution is 2.24. The highest BCUT2D eigenvalue weighted by atomic mass is 16.1. The van der Waals surface area contributed by atoms with Crippen LogP contribution in [0.5, 0.6) is 0 Å². The van der Waals surface area contributed by atoms with Crippen LogP contribution < -0.4 is 5.32 Å². The summed E-state index contributed by atoms with van der Waals surface area (Å²) < 4.78 is 0. The molecule has 4 nitrogen and oxygen atoms in total. The lowest BCUT2D eigenvalue weighted by molar-refractivity contribution is 0.0931. The number of nitrogens with zero attached hydrogens (tertiary/aromatic N) is 1. The van der Waals surface area contributed by atoms with Crippen molar-refractivity contribution in [2.24, 2.45) is 0 Å². The van der Waals surface area contributed by atoms with Crippen molar-refractivity contribution in [1.82, 2.24) is 15.2 Å². The second-order valence-electron chi connectivity index (χ2n) is 7.19. The molecule has 2 heterocycles. The molecular formula is C20H29N3O. The fourth-order valence-corrected chi connectivity index (χ4v) is 3.73. The first kappa shape index (κ1) is 17.0. The van der Waals surface area contributed by atoms with E-state index in [1.807, 2.05) is 12.1 Å². The van der Waals surface area contributed by atoms with Gasteiger partial charge in [0.2, 0.25) is 0 Å². The first-order valence-electron chi connectivity index (χ1n) is 9.17. The Morgan fingerprint density at radius 1 is 1.21 bits per heavy atom. The van der Waals surface area contributed by atoms with E-state index >= 15 is 0 Å². The predicted octanol–water partition coefficient (Wildman–Crippen LogP) is 3.78. The second kappa shape index (κ2) is 7.39. The second-order valence-corrected chi connectivity index (χ2v) is 7.19. The quantitative estimate of drug-likeness (QED) is 0.898. The zero-order valence-electron chi connectivity index (χ0n) is 15.1. The molecule has 2 N–H and O–H groups in total. The Morgan fingerprint density at radius 3 is 2.62 bits per heavy atom. The zero-order chi connectivity index (χ0) is 17.1. The average Bonchev–Trinajstić information content (AvgIpc) is 2.73. The maximum absolute atomic E-state index is 12.7. The van der Waals surface area contributed by atoms with Crippen molar-refractivity contribution in [1.29, 1.82) is 0 Å². The molecule has 1 atom stereocenters. The molecule has 1 fully saturated rings. The number of para-hydroxylation sites is 1. The highest BCUT2D eigenvalue weighted by molar-refractivity contribution is 6.06. The van der Waals surface area contributed by atoms with E-state index in [2.05, 4.69) is 42.0 Å². The lowest BCUT2D eigenvalue weighted by Gasteiger charge is -2.24. The van der Waals surface area contributed by atoms with E-state index in [1.165, 1.54) is 31.2 Å². The third-order valence-electron chi connectivity index (χ3n) is 5.20. The van der Waals surface area contributed by atoms with Gasteiger partial charge in [-0.05, 0) is 58.3 Å². The van der Waals surface area contributed by atoms with Gasteiger partial charge in [-0.15, -0.1) is 0 Å². The van der Waals surface area contributed by atoms with Crippen molar-refractivity contribution in [2.75, 3.05) is 19.6 Å². The molecule has 1 aromatic heterocycles. The molecule has 3 rings (SSSR count). The van der Waals surface area contributed by atoms with Crippen LogP contribution in [-0.2, 0) is 0 Å². The number of rotatable bonds is 4. The summed E-state index contributed by atoms with van der Waals surface area (Å²) in [4.78, 5) is 18.6. The summed E-state index contributed by atoms with van der Waals surface area (Å²) in [7, 11) is 0. The van der Waals surface area contributed by atoms with Crippen LogP contribution in [0, 0.1) is 13.8 Å². The van der Waals surface area contributed by atoms with Crippen LogP contribution in [0.3, 0.4) is 0 Å². The molecule has 0 unspecified atom stereocenters. The fraction of sp³-hybridized carbons (Fsp3) is 0.550. The van der Waals surface area contributed by atoms with Crippen LogP contribution in [0.2, 0.25) is 0 Å². The minimum Gasteiger partial charge on any atom is -0.358 e. The third-order valence-corrected chi connectivity index (χ3v) is 5.20. The van der Waals surface area contributed by atoms with Crippen LogP contribution in [-0.4, -0.2) is 41.5 Å². The van der Waals surface area contributed by atoms with Crippen molar-refractivity contribution in [3.63, 3.8) is 0 Å². The normalized spacial score (nSPS) is 17.6. The Balaban J connectivity index is 1.69. The fourth-order valence-electron chi connectivity index (χ4n) is 3.73. The van der Waals surface area contributed by atoms with Gasteiger partial charge < -0.3 is 15.2 Å². The summed E-state index contributed by atoms with van der Waals surface area (Å²) in [5, 5.41) is 4.32. The number of carbonyl (C=O) groups excluding carboxylic acids is 1. The van der Waals surface area contributed by atoms with Crippen molar-refractivity contribution in [3.8, 4) is 0 Å². The van der Waals surface area contributed by atoms with E-state index in [4.69, 9.17) is 0 Å². The lowest BCUT2D eigenvalue weighted by atomic mass is 10.1. The predicted molar refractivity (Wildman–Crippen MR) is 99.6 cm³/mol. The van der Waals surface area contributed by atoms with Gasteiger partial charge >= 0.3 is 0 Å². The number of benzene rings is 1. The van der Waals surface area contributed by atoms with Gasteiger partial charge in [-0.25, -0.2) is 0 Å². The molecule has 24 heavy (non-hydrogen) atoms. The number of nitrogens with one attached hydrogen (secondary N) is 2. The minimum atomic E-state index is 0.0178. The topological polar surface area (TPSA) is 48.1 Å². The van der Waals surface area contributed by atoms with Gasteiger partial charge in [-0.2, -0.15) is 0 Å². The molecule has 1 aliphatic rings. The Hall–Kier alpha value is -1.81. The van der Waals surface area contributed by atoms with E-state index in [-0.39, 0.29) is 11.9 Å².